The Morgan fingerprint density at radius 1 is 1.22 bits per heavy atom. The minimum atomic E-state index is -0.0878. The van der Waals surface area contributed by atoms with E-state index in [2.05, 4.69) is 48.2 Å². The quantitative estimate of drug-likeness (QED) is 0.868. The second-order valence-corrected chi connectivity index (χ2v) is 6.85. The van der Waals surface area contributed by atoms with E-state index in [1.807, 2.05) is 6.07 Å². The third-order valence-electron chi connectivity index (χ3n) is 5.04. The van der Waals surface area contributed by atoms with Gasteiger partial charge in [-0.1, -0.05) is 35.5 Å². The van der Waals surface area contributed by atoms with Gasteiger partial charge in [0.25, 0.3) is 0 Å². The minimum Gasteiger partial charge on any atom is -0.367 e. The Labute approximate surface area is 136 Å². The number of hydrogen-bond acceptors (Lipinski definition) is 5. The molecule has 2 aromatic rings. The third-order valence-corrected chi connectivity index (χ3v) is 5.04. The maximum Gasteiger partial charge on any atom is 0.237 e. The van der Waals surface area contributed by atoms with Gasteiger partial charge in [0.2, 0.25) is 11.7 Å². The molecule has 5 heteroatoms. The van der Waals surface area contributed by atoms with Gasteiger partial charge in [0.05, 0.1) is 12.0 Å². The highest BCUT2D eigenvalue weighted by Crippen LogP contribution is 2.52. The van der Waals surface area contributed by atoms with Gasteiger partial charge in [-0.3, -0.25) is 4.90 Å². The Kier molecular flexibility index (Phi) is 3.70. The van der Waals surface area contributed by atoms with Crippen molar-refractivity contribution in [2.45, 2.75) is 44.2 Å². The SMILES string of the molecule is CC(C)N1CCO[C@H](c2noc(C3(c4ccccc4)CC3)n2)C1. The van der Waals surface area contributed by atoms with Crippen molar-refractivity contribution < 1.29 is 9.26 Å². The van der Waals surface area contributed by atoms with E-state index in [1.165, 1.54) is 5.56 Å². The lowest BCUT2D eigenvalue weighted by Gasteiger charge is -2.34. The standard InChI is InChI=1S/C18H23N3O2/c1-13(2)21-10-11-22-15(12-21)16-19-17(23-20-16)18(8-9-18)14-6-4-3-5-7-14/h3-7,13,15H,8-12H2,1-2H3/t15-/m0/s1. The summed E-state index contributed by atoms with van der Waals surface area (Å²) < 4.78 is 11.5. The molecule has 0 spiro atoms. The molecule has 1 saturated carbocycles. The van der Waals surface area contributed by atoms with Gasteiger partial charge in [-0.15, -0.1) is 0 Å². The van der Waals surface area contributed by atoms with Crippen molar-refractivity contribution in [1.82, 2.24) is 15.0 Å². The average Bonchev–Trinajstić information content (AvgIpc) is 3.25. The molecule has 1 aromatic heterocycles. The van der Waals surface area contributed by atoms with Crippen molar-refractivity contribution in [1.29, 1.82) is 0 Å². The lowest BCUT2D eigenvalue weighted by atomic mass is 9.96. The lowest BCUT2D eigenvalue weighted by Crippen LogP contribution is -2.42. The second-order valence-electron chi connectivity index (χ2n) is 6.85. The van der Waals surface area contributed by atoms with Crippen molar-refractivity contribution in [3.8, 4) is 0 Å². The molecule has 23 heavy (non-hydrogen) atoms. The van der Waals surface area contributed by atoms with Crippen LogP contribution in [-0.2, 0) is 10.2 Å². The first-order chi connectivity index (χ1) is 11.2. The van der Waals surface area contributed by atoms with Crippen molar-refractivity contribution in [2.75, 3.05) is 19.7 Å². The van der Waals surface area contributed by atoms with Crippen molar-refractivity contribution in [3.05, 3.63) is 47.6 Å². The van der Waals surface area contributed by atoms with Gasteiger partial charge in [0, 0.05) is 19.1 Å². The van der Waals surface area contributed by atoms with E-state index >= 15 is 0 Å². The monoisotopic (exact) mass is 313 g/mol. The van der Waals surface area contributed by atoms with Gasteiger partial charge in [-0.05, 0) is 32.3 Å². The Balaban J connectivity index is 1.56. The van der Waals surface area contributed by atoms with Crippen LogP contribution in [-0.4, -0.2) is 40.8 Å². The van der Waals surface area contributed by atoms with Crippen LogP contribution in [0, 0.1) is 0 Å². The number of aromatic nitrogens is 2. The fourth-order valence-electron chi connectivity index (χ4n) is 3.36. The molecule has 0 radical (unpaired) electrons. The lowest BCUT2D eigenvalue weighted by molar-refractivity contribution is -0.0450. The van der Waals surface area contributed by atoms with E-state index in [1.54, 1.807) is 0 Å². The van der Waals surface area contributed by atoms with Gasteiger partial charge < -0.3 is 9.26 Å². The van der Waals surface area contributed by atoms with Crippen LogP contribution >= 0.6 is 0 Å². The molecule has 0 unspecified atom stereocenters. The molecule has 1 aromatic carbocycles. The highest BCUT2D eigenvalue weighted by Gasteiger charge is 2.51. The molecule has 1 saturated heterocycles. The fraction of sp³-hybridized carbons (Fsp3) is 0.556. The summed E-state index contributed by atoms with van der Waals surface area (Å²) in [4.78, 5) is 7.11. The maximum absolute atomic E-state index is 5.87. The van der Waals surface area contributed by atoms with Gasteiger partial charge in [-0.2, -0.15) is 4.98 Å². The Morgan fingerprint density at radius 3 is 2.70 bits per heavy atom. The van der Waals surface area contributed by atoms with Crippen LogP contribution in [0.15, 0.2) is 34.9 Å². The van der Waals surface area contributed by atoms with Crippen LogP contribution in [0.3, 0.4) is 0 Å². The summed E-state index contributed by atoms with van der Waals surface area (Å²) in [6, 6.07) is 11.0. The summed E-state index contributed by atoms with van der Waals surface area (Å²) in [6.45, 7) is 6.93. The summed E-state index contributed by atoms with van der Waals surface area (Å²) in [5.74, 6) is 1.43. The zero-order chi connectivity index (χ0) is 15.9. The molecule has 5 nitrogen and oxygen atoms in total. The summed E-state index contributed by atoms with van der Waals surface area (Å²) in [5.41, 5.74) is 1.20. The van der Waals surface area contributed by atoms with E-state index in [0.29, 0.717) is 11.9 Å². The molecule has 1 aliphatic carbocycles. The van der Waals surface area contributed by atoms with E-state index < -0.39 is 0 Å². The highest BCUT2D eigenvalue weighted by atomic mass is 16.5. The predicted molar refractivity (Wildman–Crippen MR) is 86.2 cm³/mol. The number of nitrogens with zero attached hydrogens (tertiary/aromatic N) is 3. The van der Waals surface area contributed by atoms with Crippen LogP contribution < -0.4 is 0 Å². The highest BCUT2D eigenvalue weighted by molar-refractivity contribution is 5.38. The van der Waals surface area contributed by atoms with Gasteiger partial charge >= 0.3 is 0 Å². The number of hydrogen-bond donors (Lipinski definition) is 0. The van der Waals surface area contributed by atoms with Crippen molar-refractivity contribution >= 4 is 0 Å². The number of benzene rings is 1. The Morgan fingerprint density at radius 2 is 2.00 bits per heavy atom. The van der Waals surface area contributed by atoms with Gasteiger partial charge in [0.1, 0.15) is 6.10 Å². The van der Waals surface area contributed by atoms with Gasteiger partial charge in [-0.25, -0.2) is 0 Å². The van der Waals surface area contributed by atoms with Crippen LogP contribution in [0.2, 0.25) is 0 Å². The predicted octanol–water partition coefficient (Wildman–Crippen LogP) is 2.93. The molecule has 0 bridgehead atoms. The normalized spacial score (nSPS) is 24.0. The number of ether oxygens (including phenoxy) is 1. The zero-order valence-electron chi connectivity index (χ0n) is 13.7. The maximum atomic E-state index is 5.87. The Bertz CT molecular complexity index is 664. The number of rotatable bonds is 4. The van der Waals surface area contributed by atoms with Gasteiger partial charge in [0.15, 0.2) is 0 Å². The molecule has 2 heterocycles. The largest absolute Gasteiger partial charge is 0.367 e. The van der Waals surface area contributed by atoms with Crippen molar-refractivity contribution in [2.24, 2.45) is 0 Å². The molecule has 4 rings (SSSR count). The molecule has 0 amide bonds. The summed E-state index contributed by atoms with van der Waals surface area (Å²) in [6.07, 6.45) is 2.06. The molecular formula is C18H23N3O2. The topological polar surface area (TPSA) is 51.4 Å². The average molecular weight is 313 g/mol. The Hall–Kier alpha value is -1.72. The van der Waals surface area contributed by atoms with E-state index in [9.17, 15) is 0 Å². The summed E-state index contributed by atoms with van der Waals surface area (Å²) in [7, 11) is 0. The minimum absolute atomic E-state index is 0.0705. The summed E-state index contributed by atoms with van der Waals surface area (Å²) >= 11 is 0. The first-order valence-electron chi connectivity index (χ1n) is 8.44. The third kappa shape index (κ3) is 2.68. The summed E-state index contributed by atoms with van der Waals surface area (Å²) in [5, 5.41) is 4.23. The smallest absolute Gasteiger partial charge is 0.237 e. The van der Waals surface area contributed by atoms with Crippen molar-refractivity contribution in [3.63, 3.8) is 0 Å². The second kappa shape index (κ2) is 5.73. The number of morpholine rings is 1. The van der Waals surface area contributed by atoms with E-state index in [0.717, 1.165) is 38.4 Å². The first-order valence-corrected chi connectivity index (χ1v) is 8.44. The molecule has 122 valence electrons. The molecule has 2 fully saturated rings. The zero-order valence-corrected chi connectivity index (χ0v) is 13.7. The molecule has 1 aliphatic heterocycles. The van der Waals surface area contributed by atoms with E-state index in [-0.39, 0.29) is 11.5 Å². The molecule has 0 N–H and O–H groups in total. The van der Waals surface area contributed by atoms with Crippen LogP contribution in [0.25, 0.3) is 0 Å². The van der Waals surface area contributed by atoms with E-state index in [4.69, 9.17) is 14.2 Å². The molecule has 1 atom stereocenters. The molecule has 2 aliphatic rings. The fourth-order valence-corrected chi connectivity index (χ4v) is 3.36. The molecular weight excluding hydrogens is 290 g/mol. The van der Waals surface area contributed by atoms with Crippen LogP contribution in [0.5, 0.6) is 0 Å². The first kappa shape index (κ1) is 14.8. The van der Waals surface area contributed by atoms with Crippen LogP contribution in [0.1, 0.15) is 50.1 Å². The van der Waals surface area contributed by atoms with Crippen LogP contribution in [0.4, 0.5) is 0 Å².